The van der Waals surface area contributed by atoms with E-state index in [1.807, 2.05) is 0 Å². The molecule has 0 heterocycles. The lowest BCUT2D eigenvalue weighted by molar-refractivity contribution is -0.147. The Morgan fingerprint density at radius 3 is 2.21 bits per heavy atom. The summed E-state index contributed by atoms with van der Waals surface area (Å²) in [5, 5.41) is 20.9. The van der Waals surface area contributed by atoms with Gasteiger partial charge < -0.3 is 25.2 Å². The number of phosphoric acid groups is 1. The Labute approximate surface area is 201 Å². The summed E-state index contributed by atoms with van der Waals surface area (Å²) in [7, 11) is -4.70. The van der Waals surface area contributed by atoms with Gasteiger partial charge in [0.2, 0.25) is 5.91 Å². The zero-order chi connectivity index (χ0) is 25.8. The highest BCUT2D eigenvalue weighted by Gasteiger charge is 2.28. The molecule has 12 heteroatoms. The number of allylic oxidation sites excluding steroid dienone is 2. The van der Waals surface area contributed by atoms with Crippen LogP contribution in [0.5, 0.6) is 0 Å². The number of carboxylic acids is 1. The van der Waals surface area contributed by atoms with Crippen LogP contribution < -0.4 is 5.32 Å². The summed E-state index contributed by atoms with van der Waals surface area (Å²) in [6.07, 6.45) is 11.5. The summed E-state index contributed by atoms with van der Waals surface area (Å²) < 4.78 is 25.9. The van der Waals surface area contributed by atoms with Crippen LogP contribution >= 0.6 is 7.82 Å². The Kier molecular flexibility index (Phi) is 18.5. The van der Waals surface area contributed by atoms with E-state index < -0.39 is 57.6 Å². The minimum atomic E-state index is -4.70. The highest BCUT2D eigenvalue weighted by atomic mass is 31.2. The predicted octanol–water partition coefficient (Wildman–Crippen LogP) is 3.09. The number of aliphatic hydroxyl groups is 1. The first kappa shape index (κ1) is 32.2. The second-order valence-electron chi connectivity index (χ2n) is 7.78. The van der Waals surface area contributed by atoms with Crippen LogP contribution in [0, 0.1) is 0 Å². The minimum Gasteiger partial charge on any atom is -0.480 e. The van der Waals surface area contributed by atoms with Crippen molar-refractivity contribution in [1.82, 2.24) is 5.32 Å². The van der Waals surface area contributed by atoms with E-state index in [1.54, 1.807) is 0 Å². The van der Waals surface area contributed by atoms with Crippen LogP contribution in [-0.2, 0) is 32.7 Å². The summed E-state index contributed by atoms with van der Waals surface area (Å²) in [4.78, 5) is 43.7. The molecule has 0 radical (unpaired) electrons. The van der Waals surface area contributed by atoms with E-state index in [9.17, 15) is 28.9 Å². The molecule has 3 atom stereocenters. The average molecular weight is 510 g/mol. The Morgan fingerprint density at radius 2 is 1.56 bits per heavy atom. The van der Waals surface area contributed by atoms with Crippen LogP contribution in [0.25, 0.3) is 0 Å². The van der Waals surface area contributed by atoms with Gasteiger partial charge in [0.1, 0.15) is 12.7 Å². The van der Waals surface area contributed by atoms with E-state index in [0.717, 1.165) is 44.9 Å². The zero-order valence-electron chi connectivity index (χ0n) is 20.1. The Balaban J connectivity index is 3.97. The van der Waals surface area contributed by atoms with Crippen molar-refractivity contribution in [3.8, 4) is 0 Å². The number of ether oxygens (including phenoxy) is 1. The van der Waals surface area contributed by atoms with Crippen molar-refractivity contribution in [1.29, 1.82) is 0 Å². The Bertz CT molecular complexity index is 670. The third-order valence-electron chi connectivity index (χ3n) is 4.60. The van der Waals surface area contributed by atoms with Crippen LogP contribution in [-0.4, -0.2) is 64.9 Å². The molecule has 0 aliphatic carbocycles. The molecule has 1 amide bonds. The lowest BCUT2D eigenvalue weighted by atomic mass is 10.1. The topological polar surface area (TPSA) is 169 Å². The smallest absolute Gasteiger partial charge is 0.472 e. The number of unbranched alkanes of at least 4 members (excludes halogenated alkanes) is 6. The number of esters is 1. The number of hydrogen-bond donors (Lipinski definition) is 4. The maximum atomic E-state index is 11.8. The van der Waals surface area contributed by atoms with Gasteiger partial charge in [0.15, 0.2) is 6.04 Å². The Hall–Kier alpha value is -1.78. The summed E-state index contributed by atoms with van der Waals surface area (Å²) in [6.45, 7) is 1.75. The summed E-state index contributed by atoms with van der Waals surface area (Å²) >= 11 is 0. The molecule has 0 aliphatic rings. The fourth-order valence-corrected chi connectivity index (χ4v) is 3.40. The van der Waals surface area contributed by atoms with Crippen molar-refractivity contribution >= 4 is 25.7 Å². The van der Waals surface area contributed by atoms with Crippen molar-refractivity contribution in [3.63, 3.8) is 0 Å². The highest BCUT2D eigenvalue weighted by molar-refractivity contribution is 7.47. The standard InChI is InChI=1S/C22H40NO10P/c1-3-5-6-7-8-9-10-11-12-13-14-21(26)31-15-18(24)16-32-34(29,30)33-17-19(22(27)28)23-20(25)4-2/h6-7,18-19,24H,3-5,8-17H2,1-2H3,(H,23,25)(H,27,28)(H,29,30)/b7-6-. The second kappa shape index (κ2) is 19.5. The largest absolute Gasteiger partial charge is 0.480 e. The number of hydrogen-bond acceptors (Lipinski definition) is 8. The molecular weight excluding hydrogens is 469 g/mol. The number of aliphatic carboxylic acids is 1. The number of phosphoric ester groups is 1. The Morgan fingerprint density at radius 1 is 0.941 bits per heavy atom. The van der Waals surface area contributed by atoms with Gasteiger partial charge in [-0.3, -0.25) is 18.6 Å². The molecule has 0 aromatic rings. The quantitative estimate of drug-likeness (QED) is 0.0780. The van der Waals surface area contributed by atoms with E-state index in [2.05, 4.69) is 33.4 Å². The van der Waals surface area contributed by atoms with Crippen LogP contribution in [0.2, 0.25) is 0 Å². The fraction of sp³-hybridized carbons (Fsp3) is 0.773. The summed E-state index contributed by atoms with van der Waals surface area (Å²) in [5.74, 6) is -2.51. The molecule has 0 rings (SSSR count). The van der Waals surface area contributed by atoms with Crippen molar-refractivity contribution in [2.75, 3.05) is 19.8 Å². The minimum absolute atomic E-state index is 0.0268. The molecule has 0 fully saturated rings. The van der Waals surface area contributed by atoms with Crippen molar-refractivity contribution in [2.24, 2.45) is 0 Å². The molecule has 0 aromatic carbocycles. The number of aliphatic hydroxyl groups excluding tert-OH is 1. The molecule has 0 bridgehead atoms. The van der Waals surface area contributed by atoms with E-state index >= 15 is 0 Å². The number of carbonyl (C=O) groups excluding carboxylic acids is 2. The second-order valence-corrected chi connectivity index (χ2v) is 9.23. The van der Waals surface area contributed by atoms with E-state index in [0.29, 0.717) is 6.42 Å². The maximum Gasteiger partial charge on any atom is 0.472 e. The van der Waals surface area contributed by atoms with Crippen molar-refractivity contribution in [2.45, 2.75) is 90.2 Å². The molecule has 4 N–H and O–H groups in total. The molecular formula is C22H40NO10P. The van der Waals surface area contributed by atoms with Gasteiger partial charge in [0.25, 0.3) is 0 Å². The summed E-state index contributed by atoms with van der Waals surface area (Å²) in [6, 6.07) is -1.54. The van der Waals surface area contributed by atoms with Gasteiger partial charge in [-0.25, -0.2) is 9.36 Å². The fourth-order valence-electron chi connectivity index (χ4n) is 2.63. The van der Waals surface area contributed by atoms with E-state index in [-0.39, 0.29) is 12.8 Å². The first-order chi connectivity index (χ1) is 16.1. The van der Waals surface area contributed by atoms with Gasteiger partial charge in [-0.1, -0.05) is 51.7 Å². The number of nitrogens with one attached hydrogen (secondary N) is 1. The van der Waals surface area contributed by atoms with E-state index in [1.165, 1.54) is 6.92 Å². The van der Waals surface area contributed by atoms with Crippen LogP contribution in [0.3, 0.4) is 0 Å². The molecule has 34 heavy (non-hydrogen) atoms. The van der Waals surface area contributed by atoms with Gasteiger partial charge in [0.05, 0.1) is 13.2 Å². The lowest BCUT2D eigenvalue weighted by Crippen LogP contribution is -2.43. The number of rotatable bonds is 21. The molecule has 0 aromatic heterocycles. The average Bonchev–Trinajstić information content (AvgIpc) is 2.79. The van der Waals surface area contributed by atoms with Crippen molar-refractivity contribution < 1.29 is 47.8 Å². The normalized spacial score (nSPS) is 14.9. The van der Waals surface area contributed by atoms with Gasteiger partial charge in [-0.15, -0.1) is 0 Å². The van der Waals surface area contributed by atoms with Crippen LogP contribution in [0.15, 0.2) is 12.2 Å². The molecule has 0 saturated heterocycles. The highest BCUT2D eigenvalue weighted by Crippen LogP contribution is 2.43. The molecule has 3 unspecified atom stereocenters. The van der Waals surface area contributed by atoms with Crippen molar-refractivity contribution in [3.05, 3.63) is 12.2 Å². The first-order valence-corrected chi connectivity index (χ1v) is 13.2. The molecule has 0 aliphatic heterocycles. The first-order valence-electron chi connectivity index (χ1n) is 11.7. The SMILES string of the molecule is CCC/C=C\CCCCCCCC(=O)OCC(O)COP(=O)(O)OCC(NC(=O)CC)C(=O)O. The van der Waals surface area contributed by atoms with Crippen LogP contribution in [0.1, 0.15) is 78.1 Å². The predicted molar refractivity (Wildman–Crippen MR) is 125 cm³/mol. The molecule has 198 valence electrons. The number of carboxylic acid groups (broad SMARTS) is 1. The maximum absolute atomic E-state index is 11.8. The monoisotopic (exact) mass is 509 g/mol. The zero-order valence-corrected chi connectivity index (χ0v) is 21.0. The van der Waals surface area contributed by atoms with E-state index in [4.69, 9.17) is 9.84 Å². The third-order valence-corrected chi connectivity index (χ3v) is 5.55. The lowest BCUT2D eigenvalue weighted by Gasteiger charge is -2.18. The number of carbonyl (C=O) groups is 3. The van der Waals surface area contributed by atoms with Gasteiger partial charge in [0, 0.05) is 12.8 Å². The molecule has 11 nitrogen and oxygen atoms in total. The van der Waals surface area contributed by atoms with Crippen LogP contribution in [0.4, 0.5) is 0 Å². The number of amides is 1. The molecule has 0 spiro atoms. The van der Waals surface area contributed by atoms with Gasteiger partial charge in [-0.2, -0.15) is 0 Å². The molecule has 0 saturated carbocycles. The summed E-state index contributed by atoms with van der Waals surface area (Å²) in [5.41, 5.74) is 0. The third kappa shape index (κ3) is 18.6. The van der Waals surface area contributed by atoms with Gasteiger partial charge >= 0.3 is 19.8 Å². The van der Waals surface area contributed by atoms with Gasteiger partial charge in [-0.05, 0) is 25.7 Å².